The van der Waals surface area contributed by atoms with Crippen molar-refractivity contribution < 1.29 is 0 Å². The molecule has 0 aliphatic heterocycles. The standard InChI is InChI=1S/C2H6S2.H3P/c1-3-4-2;/h1-2H3;1H3. The molecule has 0 aromatic heterocycles. The van der Waals surface area contributed by atoms with Crippen LogP contribution in [0, 0.1) is 0 Å². The summed E-state index contributed by atoms with van der Waals surface area (Å²) in [5, 5.41) is 0. The van der Waals surface area contributed by atoms with Crippen molar-refractivity contribution in [3.05, 3.63) is 0 Å². The Labute approximate surface area is 44.5 Å². The molecule has 0 amide bonds. The molecule has 5 heavy (non-hydrogen) atoms. The highest BCUT2D eigenvalue weighted by molar-refractivity contribution is 8.76. The first kappa shape index (κ1) is 9.46. The van der Waals surface area contributed by atoms with Gasteiger partial charge in [0.15, 0.2) is 0 Å². The van der Waals surface area contributed by atoms with Crippen molar-refractivity contribution >= 4 is 31.5 Å². The van der Waals surface area contributed by atoms with Crippen LogP contribution in [0.4, 0.5) is 0 Å². The molecule has 0 bridgehead atoms. The first-order chi connectivity index (χ1) is 1.91. The Morgan fingerprint density at radius 2 is 1.20 bits per heavy atom. The molecule has 0 spiro atoms. The summed E-state index contributed by atoms with van der Waals surface area (Å²) >= 11 is 0. The molecule has 0 heterocycles. The van der Waals surface area contributed by atoms with E-state index in [4.69, 9.17) is 0 Å². The molecule has 0 radical (unpaired) electrons. The lowest BCUT2D eigenvalue weighted by molar-refractivity contribution is 2.51. The largest absolute Gasteiger partial charge is 0.153 e. The van der Waals surface area contributed by atoms with Crippen molar-refractivity contribution in [3.63, 3.8) is 0 Å². The lowest BCUT2D eigenvalue weighted by Gasteiger charge is -1.69. The van der Waals surface area contributed by atoms with Gasteiger partial charge in [-0.05, 0) is 12.5 Å². The van der Waals surface area contributed by atoms with Crippen LogP contribution in [0.2, 0.25) is 0 Å². The van der Waals surface area contributed by atoms with Gasteiger partial charge >= 0.3 is 0 Å². The van der Waals surface area contributed by atoms with Gasteiger partial charge in [-0.1, -0.05) is 21.6 Å². The summed E-state index contributed by atoms with van der Waals surface area (Å²) in [5.74, 6) is 0. The van der Waals surface area contributed by atoms with Crippen LogP contribution in [-0.2, 0) is 0 Å². The van der Waals surface area contributed by atoms with Gasteiger partial charge in [0.1, 0.15) is 0 Å². The Balaban J connectivity index is 0. The molecule has 0 saturated carbocycles. The lowest BCUT2D eigenvalue weighted by atomic mass is 12.0. The second-order valence-corrected chi connectivity index (χ2v) is 3.00. The molecule has 34 valence electrons. The fourth-order valence-corrected chi connectivity index (χ4v) is 0. The summed E-state index contributed by atoms with van der Waals surface area (Å²) in [6.07, 6.45) is 4.12. The van der Waals surface area contributed by atoms with Gasteiger partial charge in [0.05, 0.1) is 0 Å². The Morgan fingerprint density at radius 1 is 1.00 bits per heavy atom. The van der Waals surface area contributed by atoms with Crippen LogP contribution in [0.15, 0.2) is 0 Å². The van der Waals surface area contributed by atoms with Crippen LogP contribution in [-0.4, -0.2) is 12.5 Å². The summed E-state index contributed by atoms with van der Waals surface area (Å²) < 4.78 is 0. The minimum absolute atomic E-state index is 0. The Hall–Kier alpha value is 1.13. The summed E-state index contributed by atoms with van der Waals surface area (Å²) in [7, 11) is 3.55. The predicted octanol–water partition coefficient (Wildman–Crippen LogP) is 1.69. The monoisotopic (exact) mass is 128 g/mol. The van der Waals surface area contributed by atoms with E-state index < -0.39 is 0 Å². The molecule has 0 aromatic rings. The van der Waals surface area contributed by atoms with E-state index in [1.54, 1.807) is 21.6 Å². The van der Waals surface area contributed by atoms with Crippen LogP contribution in [0.5, 0.6) is 0 Å². The van der Waals surface area contributed by atoms with Crippen molar-refractivity contribution in [2.45, 2.75) is 0 Å². The summed E-state index contributed by atoms with van der Waals surface area (Å²) in [6, 6.07) is 0. The van der Waals surface area contributed by atoms with Crippen molar-refractivity contribution in [1.82, 2.24) is 0 Å². The van der Waals surface area contributed by atoms with E-state index in [-0.39, 0.29) is 9.90 Å². The summed E-state index contributed by atoms with van der Waals surface area (Å²) in [5.41, 5.74) is 0. The topological polar surface area (TPSA) is 0 Å². The van der Waals surface area contributed by atoms with Crippen molar-refractivity contribution in [3.8, 4) is 0 Å². The van der Waals surface area contributed by atoms with E-state index in [2.05, 4.69) is 12.5 Å². The summed E-state index contributed by atoms with van der Waals surface area (Å²) in [4.78, 5) is 0. The van der Waals surface area contributed by atoms with Crippen LogP contribution >= 0.6 is 31.5 Å². The van der Waals surface area contributed by atoms with E-state index in [0.717, 1.165) is 0 Å². The molecule has 0 N–H and O–H groups in total. The molecular formula is C2H9PS2. The molecule has 0 aromatic carbocycles. The van der Waals surface area contributed by atoms with Gasteiger partial charge in [0.2, 0.25) is 0 Å². The van der Waals surface area contributed by atoms with Crippen LogP contribution < -0.4 is 0 Å². The normalized spacial score (nSPS) is 6.00. The second-order valence-electron chi connectivity index (χ2n) is 0.333. The van der Waals surface area contributed by atoms with E-state index in [9.17, 15) is 0 Å². The minimum atomic E-state index is 0. The number of hydrogen-bond acceptors (Lipinski definition) is 2. The molecular weight excluding hydrogens is 119 g/mol. The van der Waals surface area contributed by atoms with Gasteiger partial charge in [-0.15, -0.1) is 0 Å². The Morgan fingerprint density at radius 3 is 1.20 bits per heavy atom. The smallest absolute Gasteiger partial charge is 0.00793 e. The van der Waals surface area contributed by atoms with Crippen molar-refractivity contribution in [1.29, 1.82) is 0 Å². The number of rotatable bonds is 1. The fraction of sp³-hybridized carbons (Fsp3) is 1.00. The SMILES string of the molecule is CSSC.P. The fourth-order valence-electron chi connectivity index (χ4n) is 0. The van der Waals surface area contributed by atoms with Crippen molar-refractivity contribution in [2.24, 2.45) is 0 Å². The molecule has 0 saturated heterocycles. The second kappa shape index (κ2) is 8.93. The third-order valence-electron chi connectivity index (χ3n) is 0.167. The van der Waals surface area contributed by atoms with E-state index >= 15 is 0 Å². The van der Waals surface area contributed by atoms with Gasteiger partial charge in [0.25, 0.3) is 0 Å². The average molecular weight is 128 g/mol. The molecule has 0 aliphatic rings. The van der Waals surface area contributed by atoms with Gasteiger partial charge in [-0.25, -0.2) is 0 Å². The van der Waals surface area contributed by atoms with E-state index in [1.165, 1.54) is 0 Å². The molecule has 1 atom stereocenters. The zero-order chi connectivity index (χ0) is 3.41. The molecule has 0 fully saturated rings. The van der Waals surface area contributed by atoms with E-state index in [0.29, 0.717) is 0 Å². The molecule has 0 nitrogen and oxygen atoms in total. The van der Waals surface area contributed by atoms with Crippen LogP contribution in [0.25, 0.3) is 0 Å². The Bertz CT molecular complexity index is 9.61. The molecule has 3 heteroatoms. The average Bonchev–Trinajstić information content (AvgIpc) is 1.37. The third kappa shape index (κ3) is 11.1. The first-order valence-corrected chi connectivity index (χ1v) is 3.95. The highest BCUT2D eigenvalue weighted by Crippen LogP contribution is 2.09. The highest BCUT2D eigenvalue weighted by Gasteiger charge is 1.55. The third-order valence-corrected chi connectivity index (χ3v) is 1.50. The molecule has 0 rings (SSSR count). The first-order valence-electron chi connectivity index (χ1n) is 0.983. The molecule has 0 aliphatic carbocycles. The minimum Gasteiger partial charge on any atom is -0.153 e. The lowest BCUT2D eigenvalue weighted by Crippen LogP contribution is -1.28. The van der Waals surface area contributed by atoms with Crippen LogP contribution in [0.3, 0.4) is 0 Å². The van der Waals surface area contributed by atoms with Gasteiger partial charge in [-0.2, -0.15) is 9.90 Å². The van der Waals surface area contributed by atoms with Gasteiger partial charge in [0, 0.05) is 0 Å². The van der Waals surface area contributed by atoms with Crippen LogP contribution in [0.1, 0.15) is 0 Å². The van der Waals surface area contributed by atoms with E-state index in [1.807, 2.05) is 0 Å². The summed E-state index contributed by atoms with van der Waals surface area (Å²) in [6.45, 7) is 0. The van der Waals surface area contributed by atoms with Crippen molar-refractivity contribution in [2.75, 3.05) is 12.5 Å². The molecule has 1 unspecified atom stereocenters. The highest BCUT2D eigenvalue weighted by atomic mass is 33.1. The Kier molecular flexibility index (Phi) is 16.9. The zero-order valence-corrected chi connectivity index (χ0v) is 6.57. The maximum Gasteiger partial charge on any atom is -0.00793 e. The quantitative estimate of drug-likeness (QED) is 0.389. The number of hydrogen-bond donors (Lipinski definition) is 0. The maximum absolute atomic E-state index is 2.06. The maximum atomic E-state index is 2.06. The predicted molar refractivity (Wildman–Crippen MR) is 38.1 cm³/mol. The zero-order valence-electron chi connectivity index (χ0n) is 3.52. The van der Waals surface area contributed by atoms with Gasteiger partial charge in [-0.3, -0.25) is 0 Å². The van der Waals surface area contributed by atoms with Gasteiger partial charge < -0.3 is 0 Å².